The van der Waals surface area contributed by atoms with Crippen molar-refractivity contribution in [3.05, 3.63) is 59.3 Å². The van der Waals surface area contributed by atoms with Gasteiger partial charge in [-0.05, 0) is 55.3 Å². The number of anilines is 1. The first-order valence-corrected chi connectivity index (χ1v) is 14.9. The predicted octanol–water partition coefficient (Wildman–Crippen LogP) is 4.99. The van der Waals surface area contributed by atoms with E-state index in [2.05, 4.69) is 20.8 Å². The number of nitrogens with zero attached hydrogens (tertiary/aromatic N) is 4. The molecule has 9 nitrogen and oxygen atoms in total. The summed E-state index contributed by atoms with van der Waals surface area (Å²) in [6.45, 7) is 7.74. The van der Waals surface area contributed by atoms with Gasteiger partial charge in [0.05, 0.1) is 43.7 Å². The first-order valence-electron chi connectivity index (χ1n) is 13.9. The van der Waals surface area contributed by atoms with Gasteiger partial charge in [-0.25, -0.2) is 4.68 Å². The summed E-state index contributed by atoms with van der Waals surface area (Å²) in [7, 11) is 4.90. The first kappa shape index (κ1) is 28.9. The van der Waals surface area contributed by atoms with Crippen LogP contribution in [0.3, 0.4) is 0 Å². The van der Waals surface area contributed by atoms with Crippen LogP contribution in [0.4, 0.5) is 5.82 Å². The lowest BCUT2D eigenvalue weighted by Gasteiger charge is -2.26. The van der Waals surface area contributed by atoms with Crippen molar-refractivity contribution in [1.82, 2.24) is 14.7 Å². The van der Waals surface area contributed by atoms with Crippen LogP contribution >= 0.6 is 11.8 Å². The third kappa shape index (κ3) is 5.62. The van der Waals surface area contributed by atoms with Crippen molar-refractivity contribution in [2.45, 2.75) is 44.3 Å². The molecule has 1 atom stereocenters. The maximum atomic E-state index is 13.9. The number of thioether (sulfide) groups is 1. The zero-order valence-electron chi connectivity index (χ0n) is 24.6. The van der Waals surface area contributed by atoms with E-state index in [9.17, 15) is 9.59 Å². The van der Waals surface area contributed by atoms with Gasteiger partial charge >= 0.3 is 0 Å². The Morgan fingerprint density at radius 2 is 1.63 bits per heavy atom. The Morgan fingerprint density at radius 1 is 0.976 bits per heavy atom. The number of rotatable bonds is 7. The molecule has 0 aliphatic carbocycles. The van der Waals surface area contributed by atoms with E-state index in [1.54, 1.807) is 26.2 Å². The summed E-state index contributed by atoms with van der Waals surface area (Å²) in [5.74, 6) is 2.72. The quantitative estimate of drug-likeness (QED) is 0.391. The molecule has 1 aromatic heterocycles. The molecule has 2 aliphatic rings. The molecule has 2 aromatic carbocycles. The van der Waals surface area contributed by atoms with Crippen molar-refractivity contribution in [2.24, 2.45) is 0 Å². The topological polar surface area (TPSA) is 86.1 Å². The van der Waals surface area contributed by atoms with Gasteiger partial charge in [-0.1, -0.05) is 20.8 Å². The number of ether oxygens (including phenoxy) is 3. The van der Waals surface area contributed by atoms with E-state index in [1.807, 2.05) is 52.0 Å². The van der Waals surface area contributed by atoms with Crippen LogP contribution in [0.15, 0.2) is 42.5 Å². The maximum absolute atomic E-state index is 13.9. The van der Waals surface area contributed by atoms with Gasteiger partial charge in [0.15, 0.2) is 0 Å². The number of hydrogen-bond acceptors (Lipinski definition) is 7. The normalized spacial score (nSPS) is 17.3. The predicted molar refractivity (Wildman–Crippen MR) is 161 cm³/mol. The number of carbonyl (C=O) groups excluding carboxylic acids is 2. The second kappa shape index (κ2) is 11.7. The lowest BCUT2D eigenvalue weighted by molar-refractivity contribution is -0.130. The minimum Gasteiger partial charge on any atom is -0.497 e. The number of aromatic nitrogens is 2. The third-order valence-corrected chi connectivity index (χ3v) is 8.82. The van der Waals surface area contributed by atoms with Crippen LogP contribution in [0.5, 0.6) is 17.2 Å². The fourth-order valence-corrected chi connectivity index (χ4v) is 6.68. The van der Waals surface area contributed by atoms with Crippen LogP contribution in [0.25, 0.3) is 5.69 Å². The summed E-state index contributed by atoms with van der Waals surface area (Å²) in [6.07, 6.45) is 1.97. The van der Waals surface area contributed by atoms with Gasteiger partial charge in [-0.3, -0.25) is 14.5 Å². The van der Waals surface area contributed by atoms with Crippen molar-refractivity contribution in [3.8, 4) is 22.9 Å². The van der Waals surface area contributed by atoms with E-state index >= 15 is 0 Å². The molecular formula is C31H38N4O5S. The molecule has 0 unspecified atom stereocenters. The molecule has 2 amide bonds. The largest absolute Gasteiger partial charge is 0.497 e. The average Bonchev–Trinajstić information content (AvgIpc) is 3.62. The monoisotopic (exact) mass is 578 g/mol. The Labute approximate surface area is 245 Å². The molecule has 41 heavy (non-hydrogen) atoms. The van der Waals surface area contributed by atoms with E-state index < -0.39 is 0 Å². The van der Waals surface area contributed by atoms with Crippen LogP contribution in [0, 0.1) is 0 Å². The van der Waals surface area contributed by atoms with Crippen LogP contribution in [0.2, 0.25) is 0 Å². The number of benzene rings is 2. The zero-order valence-corrected chi connectivity index (χ0v) is 25.4. The summed E-state index contributed by atoms with van der Waals surface area (Å²) >= 11 is 1.52. The average molecular weight is 579 g/mol. The number of fused-ring (bicyclic) bond motifs is 1. The van der Waals surface area contributed by atoms with Gasteiger partial charge in [0.2, 0.25) is 11.8 Å². The van der Waals surface area contributed by atoms with E-state index in [1.165, 1.54) is 11.8 Å². The van der Waals surface area contributed by atoms with Crippen LogP contribution < -0.4 is 19.1 Å². The Kier molecular flexibility index (Phi) is 8.22. The van der Waals surface area contributed by atoms with E-state index in [4.69, 9.17) is 19.3 Å². The van der Waals surface area contributed by atoms with Crippen molar-refractivity contribution in [2.75, 3.05) is 51.6 Å². The molecule has 0 bridgehead atoms. The number of amides is 2. The number of hydrogen-bond donors (Lipinski definition) is 0. The molecular weight excluding hydrogens is 540 g/mol. The highest BCUT2D eigenvalue weighted by molar-refractivity contribution is 8.00. The standard InChI is InChI=1S/C31H38N4O5S/c1-31(2,3)29-27-28(23-17-22(39-5)13-14-24(23)40-6)41-19-26(37)34(18-25(36)33-15-7-8-16-33)30(27)35(32-29)20-9-11-21(38-4)12-10-20/h9-14,17,28H,7-8,15-16,18-19H2,1-6H3/t28-/m1/s1. The maximum Gasteiger partial charge on any atom is 0.242 e. The van der Waals surface area contributed by atoms with Crippen molar-refractivity contribution >= 4 is 29.4 Å². The van der Waals surface area contributed by atoms with Crippen LogP contribution in [0.1, 0.15) is 55.7 Å². The Morgan fingerprint density at radius 3 is 2.24 bits per heavy atom. The molecule has 3 heterocycles. The molecule has 1 fully saturated rings. The van der Waals surface area contributed by atoms with Crippen molar-refractivity contribution in [1.29, 1.82) is 0 Å². The van der Waals surface area contributed by atoms with Crippen LogP contribution in [-0.2, 0) is 15.0 Å². The van der Waals surface area contributed by atoms with Gasteiger partial charge in [0, 0.05) is 29.6 Å². The zero-order chi connectivity index (χ0) is 29.3. The minimum absolute atomic E-state index is 0.0419. The summed E-state index contributed by atoms with van der Waals surface area (Å²) < 4.78 is 18.6. The summed E-state index contributed by atoms with van der Waals surface area (Å²) in [5, 5.41) is 4.87. The third-order valence-electron chi connectivity index (χ3n) is 7.59. The second-order valence-corrected chi connectivity index (χ2v) is 12.4. The Hall–Kier alpha value is -3.66. The Balaban J connectivity index is 1.77. The molecule has 10 heteroatoms. The van der Waals surface area contributed by atoms with Gasteiger partial charge in [-0.15, -0.1) is 11.8 Å². The first-order chi connectivity index (χ1) is 19.7. The van der Waals surface area contributed by atoms with Gasteiger partial charge < -0.3 is 19.1 Å². The molecule has 0 spiro atoms. The van der Waals surface area contributed by atoms with Gasteiger partial charge in [0.25, 0.3) is 0 Å². The number of likely N-dealkylation sites (tertiary alicyclic amines) is 1. The van der Waals surface area contributed by atoms with Crippen molar-refractivity contribution < 1.29 is 23.8 Å². The second-order valence-electron chi connectivity index (χ2n) is 11.3. The van der Waals surface area contributed by atoms with Gasteiger partial charge in [0.1, 0.15) is 29.6 Å². The minimum atomic E-state index is -0.370. The van der Waals surface area contributed by atoms with E-state index in [-0.39, 0.29) is 34.8 Å². The number of carbonyl (C=O) groups is 2. The van der Waals surface area contributed by atoms with E-state index in [0.29, 0.717) is 17.3 Å². The summed E-state index contributed by atoms with van der Waals surface area (Å²) in [6, 6.07) is 13.3. The van der Waals surface area contributed by atoms with E-state index in [0.717, 1.165) is 54.2 Å². The SMILES string of the molecule is COc1ccc(-n2nc(C(C)(C)C)c3c2N(CC(=O)N2CCCC2)C(=O)CS[C@@H]3c2cc(OC)ccc2OC)cc1. The van der Waals surface area contributed by atoms with Crippen molar-refractivity contribution in [3.63, 3.8) is 0 Å². The fourth-order valence-electron chi connectivity index (χ4n) is 5.47. The molecule has 1 saturated heterocycles. The molecule has 5 rings (SSSR count). The lowest BCUT2D eigenvalue weighted by atomic mass is 9.87. The molecule has 2 aliphatic heterocycles. The smallest absolute Gasteiger partial charge is 0.242 e. The highest BCUT2D eigenvalue weighted by atomic mass is 32.2. The van der Waals surface area contributed by atoms with Gasteiger partial charge in [-0.2, -0.15) is 5.10 Å². The summed E-state index contributed by atoms with van der Waals surface area (Å²) in [4.78, 5) is 30.9. The summed E-state index contributed by atoms with van der Waals surface area (Å²) in [5.41, 5.74) is 3.03. The van der Waals surface area contributed by atoms with Crippen LogP contribution in [-0.4, -0.2) is 73.2 Å². The highest BCUT2D eigenvalue weighted by Crippen LogP contribution is 2.51. The molecule has 0 N–H and O–H groups in total. The number of methoxy groups -OCH3 is 3. The fraction of sp³-hybridized carbons (Fsp3) is 0.452. The Bertz CT molecular complexity index is 1420. The highest BCUT2D eigenvalue weighted by Gasteiger charge is 2.41. The lowest BCUT2D eigenvalue weighted by Crippen LogP contribution is -2.43. The molecule has 218 valence electrons. The molecule has 0 radical (unpaired) electrons. The molecule has 0 saturated carbocycles. The molecule has 3 aromatic rings.